The molecule has 2 aliphatic rings. The summed E-state index contributed by atoms with van der Waals surface area (Å²) in [6.07, 6.45) is 5.09. The first-order valence-corrected chi connectivity index (χ1v) is 11.5. The molecule has 0 amide bonds. The Morgan fingerprint density at radius 1 is 1.00 bits per heavy atom. The molecule has 32 heavy (non-hydrogen) atoms. The van der Waals surface area contributed by atoms with E-state index in [0.717, 1.165) is 50.3 Å². The molecule has 0 aliphatic carbocycles. The lowest BCUT2D eigenvalue weighted by Gasteiger charge is -2.27. The molecule has 1 N–H and O–H groups in total. The van der Waals surface area contributed by atoms with Gasteiger partial charge in [0.1, 0.15) is 18.5 Å². The van der Waals surface area contributed by atoms with Crippen LogP contribution in [0.5, 0.6) is 11.5 Å². The molecule has 2 aliphatic heterocycles. The Kier molecular flexibility index (Phi) is 7.79. The summed E-state index contributed by atoms with van der Waals surface area (Å²) < 4.78 is 24.6. The quantitative estimate of drug-likeness (QED) is 0.640. The van der Waals surface area contributed by atoms with Gasteiger partial charge in [0.2, 0.25) is 0 Å². The lowest BCUT2D eigenvalue weighted by molar-refractivity contribution is 0.0747. The maximum Gasteiger partial charge on any atom is 0.161 e. The third-order valence-electron chi connectivity index (χ3n) is 6.24. The minimum atomic E-state index is -0.507. The highest BCUT2D eigenvalue weighted by atomic mass is 19.1. The van der Waals surface area contributed by atoms with Crippen LogP contribution in [0, 0.1) is 5.82 Å². The van der Waals surface area contributed by atoms with Crippen LogP contribution in [0.4, 0.5) is 4.39 Å². The first kappa shape index (κ1) is 22.8. The van der Waals surface area contributed by atoms with Crippen molar-refractivity contribution in [1.82, 2.24) is 9.80 Å². The fourth-order valence-corrected chi connectivity index (χ4v) is 4.47. The number of ether oxygens (including phenoxy) is 2. The van der Waals surface area contributed by atoms with Gasteiger partial charge in [-0.25, -0.2) is 4.39 Å². The SMILES string of the molecule is COc1cc(CN2CC=C(c3ccc(F)cc3)CC2)ccc1OCC(O)CN1CCCC1. The molecule has 172 valence electrons. The minimum absolute atomic E-state index is 0.200. The maximum atomic E-state index is 13.2. The van der Waals surface area contributed by atoms with Gasteiger partial charge in [0.05, 0.1) is 7.11 Å². The standard InChI is InChI=1S/C26H33FN2O3/c1-31-26-16-20(4-9-25(26)32-19-24(30)18-28-12-2-3-13-28)17-29-14-10-22(11-15-29)21-5-7-23(27)8-6-21/h4-10,16,24,30H,2-3,11-15,17-19H2,1H3. The molecule has 1 unspecified atom stereocenters. The van der Waals surface area contributed by atoms with Gasteiger partial charge in [-0.15, -0.1) is 0 Å². The van der Waals surface area contributed by atoms with Gasteiger partial charge in [-0.2, -0.15) is 0 Å². The van der Waals surface area contributed by atoms with Gasteiger partial charge in [0.25, 0.3) is 0 Å². The van der Waals surface area contributed by atoms with Crippen molar-refractivity contribution in [2.45, 2.75) is 31.9 Å². The Morgan fingerprint density at radius 2 is 1.78 bits per heavy atom. The van der Waals surface area contributed by atoms with Crippen LogP contribution < -0.4 is 9.47 Å². The number of rotatable bonds is 9. The fraction of sp³-hybridized carbons (Fsp3) is 0.462. The van der Waals surface area contributed by atoms with Crippen LogP contribution in [-0.2, 0) is 6.54 Å². The van der Waals surface area contributed by atoms with Crippen LogP contribution in [0.25, 0.3) is 5.57 Å². The second-order valence-corrected chi connectivity index (χ2v) is 8.68. The number of aliphatic hydroxyl groups is 1. The Morgan fingerprint density at radius 3 is 2.47 bits per heavy atom. The zero-order valence-electron chi connectivity index (χ0n) is 18.8. The van der Waals surface area contributed by atoms with E-state index in [1.54, 1.807) is 7.11 Å². The minimum Gasteiger partial charge on any atom is -0.493 e. The summed E-state index contributed by atoms with van der Waals surface area (Å²) in [4.78, 5) is 4.66. The van der Waals surface area contributed by atoms with E-state index in [9.17, 15) is 9.50 Å². The molecule has 2 aromatic carbocycles. The molecule has 1 fully saturated rings. The first-order valence-electron chi connectivity index (χ1n) is 11.5. The summed E-state index contributed by atoms with van der Waals surface area (Å²) in [5.41, 5.74) is 3.53. The number of hydrogen-bond donors (Lipinski definition) is 1. The van der Waals surface area contributed by atoms with Gasteiger partial charge in [0.15, 0.2) is 11.5 Å². The number of likely N-dealkylation sites (tertiary alicyclic amines) is 1. The number of nitrogens with zero attached hydrogens (tertiary/aromatic N) is 2. The molecule has 0 aromatic heterocycles. The van der Waals surface area contributed by atoms with E-state index >= 15 is 0 Å². The average Bonchev–Trinajstić information content (AvgIpc) is 3.32. The zero-order valence-corrected chi connectivity index (χ0v) is 18.8. The van der Waals surface area contributed by atoms with Crippen LogP contribution in [0.15, 0.2) is 48.5 Å². The van der Waals surface area contributed by atoms with Gasteiger partial charge in [-0.3, -0.25) is 4.90 Å². The van der Waals surface area contributed by atoms with E-state index in [0.29, 0.717) is 18.0 Å². The molecular formula is C26H33FN2O3. The molecule has 6 heteroatoms. The van der Waals surface area contributed by atoms with E-state index in [4.69, 9.17) is 9.47 Å². The van der Waals surface area contributed by atoms with E-state index in [-0.39, 0.29) is 12.4 Å². The van der Waals surface area contributed by atoms with Crippen molar-refractivity contribution in [2.24, 2.45) is 0 Å². The number of β-amino-alcohol motifs (C(OH)–C–C–N with tert-alkyl or cyclic N) is 1. The summed E-state index contributed by atoms with van der Waals surface area (Å²) in [5.74, 6) is 1.15. The predicted molar refractivity (Wildman–Crippen MR) is 124 cm³/mol. The van der Waals surface area contributed by atoms with E-state index in [1.165, 1.54) is 30.5 Å². The van der Waals surface area contributed by atoms with Gasteiger partial charge >= 0.3 is 0 Å². The van der Waals surface area contributed by atoms with Crippen molar-refractivity contribution < 1.29 is 19.0 Å². The van der Waals surface area contributed by atoms with Crippen molar-refractivity contribution in [2.75, 3.05) is 46.4 Å². The van der Waals surface area contributed by atoms with Crippen molar-refractivity contribution in [3.63, 3.8) is 0 Å². The van der Waals surface area contributed by atoms with Gasteiger partial charge in [-0.05, 0) is 73.3 Å². The number of benzene rings is 2. The Balaban J connectivity index is 1.30. The van der Waals surface area contributed by atoms with Crippen molar-refractivity contribution in [3.8, 4) is 11.5 Å². The molecule has 0 saturated carbocycles. The first-order chi connectivity index (χ1) is 15.6. The molecule has 0 bridgehead atoms. The van der Waals surface area contributed by atoms with Gasteiger partial charge < -0.3 is 19.5 Å². The Hall–Kier alpha value is -2.41. The summed E-state index contributed by atoms with van der Waals surface area (Å²) in [6, 6.07) is 12.7. The third kappa shape index (κ3) is 6.09. The van der Waals surface area contributed by atoms with E-state index in [1.807, 2.05) is 24.3 Å². The molecule has 0 radical (unpaired) electrons. The molecule has 0 spiro atoms. The average molecular weight is 441 g/mol. The second-order valence-electron chi connectivity index (χ2n) is 8.68. The van der Waals surface area contributed by atoms with Crippen LogP contribution >= 0.6 is 0 Å². The molecule has 1 saturated heterocycles. The maximum absolute atomic E-state index is 13.2. The highest BCUT2D eigenvalue weighted by Gasteiger charge is 2.18. The number of halogens is 1. The number of hydrogen-bond acceptors (Lipinski definition) is 5. The molecule has 2 heterocycles. The second kappa shape index (κ2) is 10.9. The molecule has 2 aromatic rings. The smallest absolute Gasteiger partial charge is 0.161 e. The number of aliphatic hydroxyl groups excluding tert-OH is 1. The zero-order chi connectivity index (χ0) is 22.3. The van der Waals surface area contributed by atoms with Gasteiger partial charge in [0, 0.05) is 26.2 Å². The summed E-state index contributed by atoms with van der Waals surface area (Å²) in [5, 5.41) is 10.3. The molecule has 1 atom stereocenters. The van der Waals surface area contributed by atoms with Crippen molar-refractivity contribution >= 4 is 5.57 Å². The summed E-state index contributed by atoms with van der Waals surface area (Å²) >= 11 is 0. The largest absolute Gasteiger partial charge is 0.493 e. The molecule has 5 nitrogen and oxygen atoms in total. The van der Waals surface area contributed by atoms with Crippen molar-refractivity contribution in [1.29, 1.82) is 0 Å². The van der Waals surface area contributed by atoms with Crippen molar-refractivity contribution in [3.05, 3.63) is 65.5 Å². The topological polar surface area (TPSA) is 45.2 Å². The lowest BCUT2D eigenvalue weighted by atomic mass is 9.99. The van der Waals surface area contributed by atoms with Crippen LogP contribution in [0.1, 0.15) is 30.4 Å². The molecular weight excluding hydrogens is 407 g/mol. The highest BCUT2D eigenvalue weighted by Crippen LogP contribution is 2.30. The normalized spacial score (nSPS) is 18.4. The Labute approximate surface area is 190 Å². The highest BCUT2D eigenvalue weighted by molar-refractivity contribution is 5.66. The van der Waals surface area contributed by atoms with Crippen LogP contribution in [0.3, 0.4) is 0 Å². The van der Waals surface area contributed by atoms with Gasteiger partial charge in [-0.1, -0.05) is 24.3 Å². The lowest BCUT2D eigenvalue weighted by Crippen LogP contribution is -2.33. The molecule has 4 rings (SSSR count). The monoisotopic (exact) mass is 440 g/mol. The fourth-order valence-electron chi connectivity index (χ4n) is 4.47. The van der Waals surface area contributed by atoms with E-state index < -0.39 is 6.10 Å². The van der Waals surface area contributed by atoms with E-state index in [2.05, 4.69) is 21.9 Å². The Bertz CT molecular complexity index is 910. The summed E-state index contributed by atoms with van der Waals surface area (Å²) in [6.45, 7) is 5.67. The van der Waals surface area contributed by atoms with Crippen LogP contribution in [0.2, 0.25) is 0 Å². The van der Waals surface area contributed by atoms with Crippen LogP contribution in [-0.4, -0.2) is 67.5 Å². The number of methoxy groups -OCH3 is 1. The predicted octanol–water partition coefficient (Wildman–Crippen LogP) is 3.96. The third-order valence-corrected chi connectivity index (χ3v) is 6.24. The summed E-state index contributed by atoms with van der Waals surface area (Å²) in [7, 11) is 1.64.